The van der Waals surface area contributed by atoms with Gasteiger partial charge in [-0.3, -0.25) is 10.4 Å². The molecule has 15 nitrogen and oxygen atoms in total. The van der Waals surface area contributed by atoms with Gasteiger partial charge in [-0.25, -0.2) is 13.4 Å². The van der Waals surface area contributed by atoms with E-state index < -0.39 is 15.4 Å². The number of nitrogens with zero attached hydrogens (tertiary/aromatic N) is 4. The quantitative estimate of drug-likeness (QED) is 0.148. The topological polar surface area (TPSA) is 180 Å². The van der Waals surface area contributed by atoms with Gasteiger partial charge in [0, 0.05) is 25.8 Å². The second-order valence-corrected chi connectivity index (χ2v) is 13.3. The number of benzene rings is 1. The molecule has 0 unspecified atom stereocenters. The Morgan fingerprint density at radius 1 is 1.11 bits per heavy atom. The molecule has 4 rings (SSSR count). The van der Waals surface area contributed by atoms with Crippen molar-refractivity contribution in [2.75, 3.05) is 40.0 Å². The van der Waals surface area contributed by atoms with Crippen molar-refractivity contribution in [3.8, 4) is 17.1 Å². The molecule has 16 heteroatoms. The molecule has 3 heterocycles. The third-order valence-corrected chi connectivity index (χ3v) is 10.4. The van der Waals surface area contributed by atoms with Crippen molar-refractivity contribution < 1.29 is 32.8 Å². The Labute approximate surface area is 268 Å². The molecule has 0 spiro atoms. The number of nitrogens with one attached hydrogen (secondary N) is 2. The van der Waals surface area contributed by atoms with Crippen LogP contribution >= 0.6 is 0 Å². The van der Waals surface area contributed by atoms with Gasteiger partial charge in [0.25, 0.3) is 5.56 Å². The molecule has 2 aromatic heterocycles. The van der Waals surface area contributed by atoms with Gasteiger partial charge in [-0.05, 0) is 74.6 Å². The molecular formula is C30H44N6O9S. The summed E-state index contributed by atoms with van der Waals surface area (Å²) in [4.78, 5) is 46.8. The summed E-state index contributed by atoms with van der Waals surface area (Å²) in [6.07, 6.45) is 6.11. The van der Waals surface area contributed by atoms with Gasteiger partial charge in [0.05, 0.1) is 29.2 Å². The fraction of sp³-hybridized carbons (Fsp3) is 0.600. The molecule has 0 saturated carbocycles. The van der Waals surface area contributed by atoms with Gasteiger partial charge in [0.1, 0.15) is 22.0 Å². The Kier molecular flexibility index (Phi) is 12.1. The Morgan fingerprint density at radius 3 is 2.50 bits per heavy atom. The van der Waals surface area contributed by atoms with E-state index in [-0.39, 0.29) is 47.7 Å². The van der Waals surface area contributed by atoms with E-state index in [2.05, 4.69) is 16.7 Å². The van der Waals surface area contributed by atoms with Gasteiger partial charge in [0.15, 0.2) is 13.7 Å². The smallest absolute Gasteiger partial charge is 0.477 e. The summed E-state index contributed by atoms with van der Waals surface area (Å²) >= 11 is 0. The molecule has 0 amide bonds. The van der Waals surface area contributed by atoms with Crippen LogP contribution in [0.2, 0.25) is 0 Å². The van der Waals surface area contributed by atoms with Gasteiger partial charge < -0.3 is 24.3 Å². The Bertz CT molecular complexity index is 1650. The van der Waals surface area contributed by atoms with Crippen LogP contribution in [0.25, 0.3) is 22.4 Å². The van der Waals surface area contributed by atoms with E-state index in [1.807, 2.05) is 24.6 Å². The first-order valence-corrected chi connectivity index (χ1v) is 17.1. The van der Waals surface area contributed by atoms with Crippen molar-refractivity contribution in [3.63, 3.8) is 0 Å². The van der Waals surface area contributed by atoms with Crippen LogP contribution in [0.1, 0.15) is 64.9 Å². The SMILES string of the molecule is CCCOc1ccc(S(=O)(=O)N2CCC(CCON[O-])(CCO[N+](=O)OC)CC2)cc1-c1nc2c(CCC)cn(CC)c2c(=O)[nH]1. The first-order valence-electron chi connectivity index (χ1n) is 15.7. The number of rotatable bonds is 18. The lowest BCUT2D eigenvalue weighted by molar-refractivity contribution is -0.977. The zero-order chi connectivity index (χ0) is 33.3. The molecule has 0 radical (unpaired) electrons. The highest BCUT2D eigenvalue weighted by molar-refractivity contribution is 7.89. The lowest BCUT2D eigenvalue weighted by Gasteiger charge is -2.41. The fourth-order valence-corrected chi connectivity index (χ4v) is 7.43. The van der Waals surface area contributed by atoms with Gasteiger partial charge in [0.2, 0.25) is 10.0 Å². The van der Waals surface area contributed by atoms with Gasteiger partial charge in [-0.2, -0.15) is 14.0 Å². The third-order valence-electron chi connectivity index (χ3n) is 8.52. The van der Waals surface area contributed by atoms with Gasteiger partial charge in [-0.15, -0.1) is 0 Å². The molecule has 0 aliphatic carbocycles. The van der Waals surface area contributed by atoms with Crippen LogP contribution in [0.4, 0.5) is 0 Å². The minimum Gasteiger partial charge on any atom is -0.765 e. The summed E-state index contributed by atoms with van der Waals surface area (Å²) < 4.78 is 37.3. The van der Waals surface area contributed by atoms with Crippen molar-refractivity contribution in [2.45, 2.75) is 77.2 Å². The maximum atomic E-state index is 14.0. The highest BCUT2D eigenvalue weighted by Crippen LogP contribution is 2.41. The van der Waals surface area contributed by atoms with E-state index in [4.69, 9.17) is 19.4 Å². The summed E-state index contributed by atoms with van der Waals surface area (Å²) in [7, 11) is -2.77. The maximum absolute atomic E-state index is 14.0. The predicted molar refractivity (Wildman–Crippen MR) is 170 cm³/mol. The minimum absolute atomic E-state index is 0.0122. The molecule has 3 aromatic rings. The lowest BCUT2D eigenvalue weighted by Crippen LogP contribution is -2.44. The predicted octanol–water partition coefficient (Wildman–Crippen LogP) is 3.99. The van der Waals surface area contributed by atoms with Crippen molar-refractivity contribution in [2.24, 2.45) is 5.41 Å². The van der Waals surface area contributed by atoms with Gasteiger partial charge in [-0.1, -0.05) is 20.3 Å². The maximum Gasteiger partial charge on any atom is 0.477 e. The summed E-state index contributed by atoms with van der Waals surface area (Å²) in [6.45, 7) is 7.57. The van der Waals surface area contributed by atoms with Gasteiger partial charge >= 0.3 is 5.09 Å². The molecule has 1 aliphatic heterocycles. The van der Waals surface area contributed by atoms with E-state index in [1.165, 1.54) is 29.2 Å². The zero-order valence-electron chi connectivity index (χ0n) is 26.9. The summed E-state index contributed by atoms with van der Waals surface area (Å²) in [5.41, 5.74) is 3.10. The van der Waals surface area contributed by atoms with Crippen LogP contribution in [-0.2, 0) is 37.5 Å². The van der Waals surface area contributed by atoms with E-state index in [0.29, 0.717) is 61.2 Å². The molecule has 1 saturated heterocycles. The molecule has 1 fully saturated rings. The number of H-pyrrole nitrogens is 1. The number of aromatic nitrogens is 3. The number of hydrogen-bond acceptors (Lipinski definition) is 11. The highest BCUT2D eigenvalue weighted by atomic mass is 32.2. The molecule has 0 atom stereocenters. The minimum atomic E-state index is -3.96. The first-order chi connectivity index (χ1) is 22.1. The zero-order valence-corrected chi connectivity index (χ0v) is 27.7. The molecule has 2 N–H and O–H groups in total. The number of sulfonamides is 1. The van der Waals surface area contributed by atoms with Crippen LogP contribution in [0, 0.1) is 15.5 Å². The highest BCUT2D eigenvalue weighted by Gasteiger charge is 2.39. The van der Waals surface area contributed by atoms with E-state index in [0.717, 1.165) is 24.8 Å². The lowest BCUT2D eigenvalue weighted by atomic mass is 9.74. The molecule has 1 aromatic carbocycles. The van der Waals surface area contributed by atoms with Crippen molar-refractivity contribution >= 4 is 21.1 Å². The number of fused-ring (bicyclic) bond motifs is 1. The van der Waals surface area contributed by atoms with Crippen molar-refractivity contribution in [1.82, 2.24) is 24.5 Å². The van der Waals surface area contributed by atoms with Crippen LogP contribution < -0.4 is 15.9 Å². The molecule has 254 valence electrons. The number of piperidine rings is 1. The summed E-state index contributed by atoms with van der Waals surface area (Å²) in [5, 5.41) is 10.6. The average molecular weight is 665 g/mol. The monoisotopic (exact) mass is 664 g/mol. The fourth-order valence-electron chi connectivity index (χ4n) is 5.97. The normalized spacial score (nSPS) is 15.2. The Balaban J connectivity index is 1.66. The average Bonchev–Trinajstić information content (AvgIpc) is 3.42. The van der Waals surface area contributed by atoms with Crippen LogP contribution in [0.5, 0.6) is 5.75 Å². The number of hydrogen-bond donors (Lipinski definition) is 2. The van der Waals surface area contributed by atoms with Crippen molar-refractivity contribution in [1.29, 1.82) is 0 Å². The number of aromatic amines is 1. The second-order valence-electron chi connectivity index (χ2n) is 11.4. The number of aryl methyl sites for hydroxylation is 2. The largest absolute Gasteiger partial charge is 0.765 e. The summed E-state index contributed by atoms with van der Waals surface area (Å²) in [6, 6.07) is 4.63. The first kappa shape index (κ1) is 35.3. The van der Waals surface area contributed by atoms with E-state index in [1.54, 1.807) is 6.07 Å². The standard InChI is InChI=1S/C30H44N6O9S/c1-5-8-22-21-34(7-3)27-26(22)31-28(32-29(27)37)24-20-23(9-10-25(24)43-17-6-2)46(40,41)35-15-11-30(12-16-35,13-18-44-33-38)14-19-45-36(39)42-4/h9-10,20-21,33H,5-8,11-19H2,1-4H3,(H,31,32,37). The van der Waals surface area contributed by atoms with Crippen molar-refractivity contribution in [3.05, 3.63) is 50.4 Å². The summed E-state index contributed by atoms with van der Waals surface area (Å²) in [5.74, 6) is 0.656. The van der Waals surface area contributed by atoms with Crippen LogP contribution in [-0.4, -0.2) is 72.4 Å². The number of ether oxygens (including phenoxy) is 1. The van der Waals surface area contributed by atoms with E-state index in [9.17, 15) is 23.3 Å². The van der Waals surface area contributed by atoms with Crippen LogP contribution in [0.15, 0.2) is 34.1 Å². The second kappa shape index (κ2) is 15.8. The third kappa shape index (κ3) is 7.86. The molecule has 1 aliphatic rings. The molecular weight excluding hydrogens is 620 g/mol. The Hall–Kier alpha value is -3.57. The van der Waals surface area contributed by atoms with E-state index >= 15 is 0 Å². The molecule has 46 heavy (non-hydrogen) atoms. The Morgan fingerprint density at radius 2 is 1.85 bits per heavy atom. The van der Waals surface area contributed by atoms with Crippen LogP contribution in [0.3, 0.4) is 0 Å². The molecule has 0 bridgehead atoms.